The Morgan fingerprint density at radius 3 is 2.53 bits per heavy atom. The summed E-state index contributed by atoms with van der Waals surface area (Å²) in [5.41, 5.74) is 0.503. The van der Waals surface area contributed by atoms with E-state index in [-0.39, 0.29) is 18.1 Å². The van der Waals surface area contributed by atoms with Gasteiger partial charge in [0.15, 0.2) is 0 Å². The number of nitro benzene ring substituents is 1. The minimum Gasteiger partial charge on any atom is -0.404 e. The number of furan rings is 1. The molecule has 1 aromatic heterocycles. The quantitative estimate of drug-likeness (QED) is 0.655. The van der Waals surface area contributed by atoms with E-state index in [1.54, 1.807) is 12.1 Å². The number of nitrogens with one attached hydrogen (secondary N) is 1. The van der Waals surface area contributed by atoms with Crippen molar-refractivity contribution in [3.63, 3.8) is 0 Å². The van der Waals surface area contributed by atoms with Gasteiger partial charge in [-0.15, -0.1) is 0 Å². The molecular formula is C11H9N3O5. The first-order chi connectivity index (χ1) is 9.06. The molecule has 0 fully saturated rings. The summed E-state index contributed by atoms with van der Waals surface area (Å²) in [7, 11) is 0. The van der Waals surface area contributed by atoms with Gasteiger partial charge in [-0.25, -0.2) is 0 Å². The molecule has 1 heterocycles. The first-order valence-corrected chi connectivity index (χ1v) is 5.27. The predicted octanol–water partition coefficient (Wildman–Crippen LogP) is 2.71. The number of rotatable bonds is 5. The summed E-state index contributed by atoms with van der Waals surface area (Å²) in [6.07, 6.45) is 0. The van der Waals surface area contributed by atoms with Crippen LogP contribution in [0.4, 0.5) is 17.3 Å². The maximum Gasteiger partial charge on any atom is 0.433 e. The van der Waals surface area contributed by atoms with Crippen LogP contribution >= 0.6 is 0 Å². The summed E-state index contributed by atoms with van der Waals surface area (Å²) in [5.74, 6) is 0.0362. The van der Waals surface area contributed by atoms with E-state index < -0.39 is 9.85 Å². The lowest BCUT2D eigenvalue weighted by Gasteiger charge is -2.03. The van der Waals surface area contributed by atoms with Crippen molar-refractivity contribution in [1.82, 2.24) is 0 Å². The van der Waals surface area contributed by atoms with Crippen molar-refractivity contribution < 1.29 is 14.3 Å². The fourth-order valence-electron chi connectivity index (χ4n) is 1.48. The highest BCUT2D eigenvalue weighted by Gasteiger charge is 2.11. The third kappa shape index (κ3) is 3.06. The number of anilines is 1. The first-order valence-electron chi connectivity index (χ1n) is 5.27. The highest BCUT2D eigenvalue weighted by molar-refractivity contribution is 5.51. The van der Waals surface area contributed by atoms with E-state index in [9.17, 15) is 20.2 Å². The van der Waals surface area contributed by atoms with Gasteiger partial charge in [-0.3, -0.25) is 20.2 Å². The monoisotopic (exact) mass is 263 g/mol. The van der Waals surface area contributed by atoms with E-state index in [1.165, 1.54) is 24.3 Å². The van der Waals surface area contributed by atoms with Crippen molar-refractivity contribution in [2.75, 3.05) is 5.32 Å². The Balaban J connectivity index is 2.03. The van der Waals surface area contributed by atoms with Gasteiger partial charge < -0.3 is 9.73 Å². The normalized spacial score (nSPS) is 10.1. The lowest BCUT2D eigenvalue weighted by molar-refractivity contribution is -0.402. The molecule has 0 saturated heterocycles. The molecule has 19 heavy (non-hydrogen) atoms. The predicted molar refractivity (Wildman–Crippen MR) is 65.8 cm³/mol. The van der Waals surface area contributed by atoms with Crippen LogP contribution in [0.25, 0.3) is 0 Å². The Labute approximate surface area is 107 Å². The van der Waals surface area contributed by atoms with E-state index >= 15 is 0 Å². The fourth-order valence-corrected chi connectivity index (χ4v) is 1.48. The third-order valence-corrected chi connectivity index (χ3v) is 2.35. The third-order valence-electron chi connectivity index (χ3n) is 2.35. The second kappa shape index (κ2) is 5.17. The highest BCUT2D eigenvalue weighted by Crippen LogP contribution is 2.19. The summed E-state index contributed by atoms with van der Waals surface area (Å²) in [6, 6.07) is 8.68. The number of benzene rings is 1. The van der Waals surface area contributed by atoms with Gasteiger partial charge in [0.05, 0.1) is 17.5 Å². The Bertz CT molecular complexity index is 622. The van der Waals surface area contributed by atoms with Crippen molar-refractivity contribution in [2.24, 2.45) is 0 Å². The number of nitro groups is 2. The van der Waals surface area contributed by atoms with Crippen LogP contribution < -0.4 is 5.32 Å². The van der Waals surface area contributed by atoms with Crippen LogP contribution in [0.5, 0.6) is 0 Å². The van der Waals surface area contributed by atoms with Crippen molar-refractivity contribution >= 4 is 17.3 Å². The fraction of sp³-hybridized carbons (Fsp3) is 0.0909. The molecule has 1 N–H and O–H groups in total. The molecule has 98 valence electrons. The lowest BCUT2D eigenvalue weighted by atomic mass is 10.3. The first kappa shape index (κ1) is 12.6. The molecule has 0 saturated carbocycles. The minimum absolute atomic E-state index is 0.0320. The summed E-state index contributed by atoms with van der Waals surface area (Å²) in [6.45, 7) is 0.203. The zero-order valence-electron chi connectivity index (χ0n) is 9.61. The van der Waals surface area contributed by atoms with Crippen LogP contribution in [0, 0.1) is 20.2 Å². The van der Waals surface area contributed by atoms with E-state index in [0.29, 0.717) is 11.4 Å². The van der Waals surface area contributed by atoms with Gasteiger partial charge >= 0.3 is 5.88 Å². The lowest BCUT2D eigenvalue weighted by Crippen LogP contribution is -1.98. The van der Waals surface area contributed by atoms with Crippen molar-refractivity contribution in [3.8, 4) is 0 Å². The van der Waals surface area contributed by atoms with E-state index in [4.69, 9.17) is 4.42 Å². The molecule has 1 aromatic carbocycles. The molecule has 2 rings (SSSR count). The van der Waals surface area contributed by atoms with Crippen LogP contribution in [-0.2, 0) is 6.54 Å². The Kier molecular flexibility index (Phi) is 3.42. The van der Waals surface area contributed by atoms with Gasteiger partial charge in [-0.1, -0.05) is 6.07 Å². The Morgan fingerprint density at radius 2 is 1.89 bits per heavy atom. The molecule has 0 aliphatic carbocycles. The molecule has 0 aliphatic rings. The van der Waals surface area contributed by atoms with Crippen molar-refractivity contribution in [2.45, 2.75) is 6.54 Å². The number of nitrogens with zero attached hydrogens (tertiary/aromatic N) is 2. The average molecular weight is 263 g/mol. The Hall–Kier alpha value is -2.90. The largest absolute Gasteiger partial charge is 0.433 e. The molecule has 0 atom stereocenters. The molecule has 0 bridgehead atoms. The number of hydrogen-bond acceptors (Lipinski definition) is 6. The zero-order chi connectivity index (χ0) is 13.8. The van der Waals surface area contributed by atoms with Gasteiger partial charge in [-0.05, 0) is 12.1 Å². The summed E-state index contributed by atoms with van der Waals surface area (Å²) < 4.78 is 4.95. The topological polar surface area (TPSA) is 111 Å². The molecule has 0 aliphatic heterocycles. The van der Waals surface area contributed by atoms with Crippen LogP contribution in [0.3, 0.4) is 0 Å². The van der Waals surface area contributed by atoms with Crippen molar-refractivity contribution in [1.29, 1.82) is 0 Å². The van der Waals surface area contributed by atoms with Gasteiger partial charge in [-0.2, -0.15) is 0 Å². The summed E-state index contributed by atoms with van der Waals surface area (Å²) in [5, 5.41) is 23.9. The summed E-state index contributed by atoms with van der Waals surface area (Å²) >= 11 is 0. The highest BCUT2D eigenvalue weighted by atomic mass is 16.6. The van der Waals surface area contributed by atoms with E-state index in [2.05, 4.69) is 5.32 Å². The molecule has 0 unspecified atom stereocenters. The summed E-state index contributed by atoms with van der Waals surface area (Å²) in [4.78, 5) is 19.9. The van der Waals surface area contributed by atoms with Gasteiger partial charge in [0.25, 0.3) is 5.69 Å². The maximum absolute atomic E-state index is 10.6. The molecule has 8 heteroatoms. The molecule has 0 radical (unpaired) electrons. The molecule has 0 amide bonds. The maximum atomic E-state index is 10.6. The molecular weight excluding hydrogens is 254 g/mol. The second-order valence-corrected chi connectivity index (χ2v) is 3.66. The number of hydrogen-bond donors (Lipinski definition) is 1. The number of non-ortho nitro benzene ring substituents is 1. The standard InChI is InChI=1S/C11H9N3O5/c15-13(16)9-3-1-2-8(6-9)12-7-10-4-5-11(19-10)14(17)18/h1-6,12H,7H2. The molecule has 0 spiro atoms. The van der Waals surface area contributed by atoms with Crippen LogP contribution in [0.2, 0.25) is 0 Å². The van der Waals surface area contributed by atoms with Crippen LogP contribution in [-0.4, -0.2) is 9.85 Å². The second-order valence-electron chi connectivity index (χ2n) is 3.66. The SMILES string of the molecule is O=[N+]([O-])c1cccc(NCc2ccc([N+](=O)[O-])o2)c1. The minimum atomic E-state index is -0.628. The van der Waals surface area contributed by atoms with Gasteiger partial charge in [0, 0.05) is 17.8 Å². The molecule has 8 nitrogen and oxygen atoms in total. The molecule has 2 aromatic rings. The van der Waals surface area contributed by atoms with Crippen LogP contribution in [0.15, 0.2) is 40.8 Å². The van der Waals surface area contributed by atoms with Gasteiger partial charge in [0.1, 0.15) is 10.7 Å². The van der Waals surface area contributed by atoms with Crippen LogP contribution in [0.1, 0.15) is 5.76 Å². The Morgan fingerprint density at radius 1 is 1.11 bits per heavy atom. The smallest absolute Gasteiger partial charge is 0.404 e. The van der Waals surface area contributed by atoms with Crippen molar-refractivity contribution in [3.05, 3.63) is 62.4 Å². The average Bonchev–Trinajstić information content (AvgIpc) is 2.85. The van der Waals surface area contributed by atoms with E-state index in [0.717, 1.165) is 0 Å². The van der Waals surface area contributed by atoms with E-state index in [1.807, 2.05) is 0 Å². The zero-order valence-corrected chi connectivity index (χ0v) is 9.61. The van der Waals surface area contributed by atoms with Gasteiger partial charge in [0.2, 0.25) is 0 Å².